The van der Waals surface area contributed by atoms with Gasteiger partial charge in [0.15, 0.2) is 0 Å². The Kier molecular flexibility index (Phi) is 4.91. The van der Waals surface area contributed by atoms with E-state index in [4.69, 9.17) is 32.9 Å². The van der Waals surface area contributed by atoms with Gasteiger partial charge < -0.3 is 4.42 Å². The van der Waals surface area contributed by atoms with Crippen LogP contribution in [0.5, 0.6) is 0 Å². The highest BCUT2D eigenvalue weighted by atomic mass is 35.5. The van der Waals surface area contributed by atoms with Crippen LogP contribution >= 0.6 is 23.2 Å². The fourth-order valence-electron chi connectivity index (χ4n) is 2.31. The van der Waals surface area contributed by atoms with E-state index in [1.54, 1.807) is 60.7 Å². The summed E-state index contributed by atoms with van der Waals surface area (Å²) in [5.74, 6) is 1.12. The van der Waals surface area contributed by atoms with Crippen molar-refractivity contribution >= 4 is 34.9 Å². The van der Waals surface area contributed by atoms with Crippen LogP contribution in [0.25, 0.3) is 23.0 Å². The van der Waals surface area contributed by atoms with Crippen molar-refractivity contribution in [2.75, 3.05) is 0 Å². The van der Waals surface area contributed by atoms with Crippen LogP contribution in [0.1, 0.15) is 16.9 Å². The molecule has 0 spiro atoms. The van der Waals surface area contributed by atoms with Crippen molar-refractivity contribution in [1.82, 2.24) is 0 Å². The molecule has 25 heavy (non-hydrogen) atoms. The van der Waals surface area contributed by atoms with Crippen LogP contribution in [0.2, 0.25) is 10.0 Å². The lowest BCUT2D eigenvalue weighted by Crippen LogP contribution is -1.82. The van der Waals surface area contributed by atoms with Crippen molar-refractivity contribution in [3.05, 3.63) is 81.5 Å². The monoisotopic (exact) mass is 364 g/mol. The molecular weight excluding hydrogens is 355 g/mol. The van der Waals surface area contributed by atoms with Gasteiger partial charge in [-0.15, -0.1) is 0 Å². The molecule has 3 nitrogen and oxygen atoms in total. The van der Waals surface area contributed by atoms with Gasteiger partial charge in [0.05, 0.1) is 28.3 Å². The average molecular weight is 365 g/mol. The highest BCUT2D eigenvalue weighted by Crippen LogP contribution is 2.32. The normalized spacial score (nSPS) is 11.0. The minimum atomic E-state index is 0.438. The van der Waals surface area contributed by atoms with E-state index in [9.17, 15) is 5.26 Å². The van der Waals surface area contributed by atoms with Crippen molar-refractivity contribution in [3.8, 4) is 23.5 Å². The molecule has 0 aliphatic carbocycles. The number of benzene rings is 2. The van der Waals surface area contributed by atoms with Gasteiger partial charge in [0.25, 0.3) is 0 Å². The Morgan fingerprint density at radius 3 is 2.36 bits per heavy atom. The summed E-state index contributed by atoms with van der Waals surface area (Å²) >= 11 is 12.1. The van der Waals surface area contributed by atoms with Gasteiger partial charge in [0.1, 0.15) is 11.5 Å². The van der Waals surface area contributed by atoms with Gasteiger partial charge in [-0.2, -0.15) is 10.5 Å². The molecule has 0 atom stereocenters. The third-order valence-electron chi connectivity index (χ3n) is 3.56. The summed E-state index contributed by atoms with van der Waals surface area (Å²) in [5.41, 5.74) is 2.41. The van der Waals surface area contributed by atoms with E-state index in [1.807, 2.05) is 6.07 Å². The summed E-state index contributed by atoms with van der Waals surface area (Å²) in [6.45, 7) is 0. The second-order valence-electron chi connectivity index (χ2n) is 5.19. The van der Waals surface area contributed by atoms with Crippen LogP contribution in [-0.2, 0) is 0 Å². The molecule has 0 bridgehead atoms. The second kappa shape index (κ2) is 7.28. The molecule has 1 aromatic heterocycles. The van der Waals surface area contributed by atoms with Crippen LogP contribution in [0.15, 0.2) is 59.0 Å². The number of allylic oxidation sites excluding steroid dienone is 1. The Labute approximate surface area is 155 Å². The molecule has 3 rings (SSSR count). The number of nitriles is 2. The molecule has 0 unspecified atom stereocenters. The highest BCUT2D eigenvalue weighted by molar-refractivity contribution is 6.36. The Bertz CT molecular complexity index is 1030. The Hall–Kier alpha value is -2.98. The quantitative estimate of drug-likeness (QED) is 0.520. The van der Waals surface area contributed by atoms with Crippen LogP contribution in [-0.4, -0.2) is 0 Å². The molecule has 0 saturated carbocycles. The largest absolute Gasteiger partial charge is 0.457 e. The number of halogens is 2. The summed E-state index contributed by atoms with van der Waals surface area (Å²) in [4.78, 5) is 0. The number of rotatable bonds is 3. The topological polar surface area (TPSA) is 60.7 Å². The highest BCUT2D eigenvalue weighted by Gasteiger charge is 2.09. The summed E-state index contributed by atoms with van der Waals surface area (Å²) in [5, 5.41) is 19.3. The molecule has 0 fully saturated rings. The molecule has 0 saturated heterocycles. The van der Waals surface area contributed by atoms with E-state index in [0.717, 1.165) is 5.56 Å². The summed E-state index contributed by atoms with van der Waals surface area (Å²) < 4.78 is 5.78. The first-order chi connectivity index (χ1) is 12.1. The van der Waals surface area contributed by atoms with Crippen LogP contribution in [0.3, 0.4) is 0 Å². The number of furan rings is 1. The van der Waals surface area contributed by atoms with Crippen LogP contribution in [0, 0.1) is 22.7 Å². The Balaban J connectivity index is 1.94. The maximum Gasteiger partial charge on any atom is 0.136 e. The van der Waals surface area contributed by atoms with Crippen molar-refractivity contribution in [2.24, 2.45) is 0 Å². The standard InChI is InChI=1S/C20H10Cl2N2O/c21-16-5-7-18(19(22)10-16)20-8-6-17(25-20)9-15(12-24)14-3-1-13(11-23)2-4-14/h1-10H/b15-9-. The first-order valence-electron chi connectivity index (χ1n) is 7.28. The molecule has 5 heteroatoms. The van der Waals surface area contributed by atoms with E-state index in [1.165, 1.54) is 0 Å². The average Bonchev–Trinajstić information content (AvgIpc) is 3.08. The molecule has 0 amide bonds. The van der Waals surface area contributed by atoms with E-state index < -0.39 is 0 Å². The van der Waals surface area contributed by atoms with Gasteiger partial charge in [0.2, 0.25) is 0 Å². The SMILES string of the molecule is N#C/C(=C/c1ccc(-c2ccc(Cl)cc2Cl)o1)c1ccc(C#N)cc1. The van der Waals surface area contributed by atoms with Crippen molar-refractivity contribution in [2.45, 2.75) is 0 Å². The number of nitrogens with zero attached hydrogens (tertiary/aromatic N) is 2. The van der Waals surface area contributed by atoms with Gasteiger partial charge >= 0.3 is 0 Å². The summed E-state index contributed by atoms with van der Waals surface area (Å²) in [7, 11) is 0. The smallest absolute Gasteiger partial charge is 0.136 e. The molecule has 2 aromatic carbocycles. The van der Waals surface area contributed by atoms with E-state index in [2.05, 4.69) is 6.07 Å². The predicted octanol–water partition coefficient (Wildman–Crippen LogP) is 6.19. The summed E-state index contributed by atoms with van der Waals surface area (Å²) in [6, 6.07) is 19.7. The van der Waals surface area contributed by atoms with Gasteiger partial charge in [-0.3, -0.25) is 0 Å². The minimum absolute atomic E-state index is 0.438. The van der Waals surface area contributed by atoms with Gasteiger partial charge in [0, 0.05) is 10.6 Å². The first kappa shape index (κ1) is 16.9. The molecule has 0 aliphatic rings. The fourth-order valence-corrected chi connectivity index (χ4v) is 2.81. The minimum Gasteiger partial charge on any atom is -0.457 e. The Morgan fingerprint density at radius 1 is 0.960 bits per heavy atom. The second-order valence-corrected chi connectivity index (χ2v) is 6.03. The van der Waals surface area contributed by atoms with E-state index >= 15 is 0 Å². The third kappa shape index (κ3) is 3.75. The van der Waals surface area contributed by atoms with Crippen LogP contribution < -0.4 is 0 Å². The van der Waals surface area contributed by atoms with Gasteiger partial charge in [-0.1, -0.05) is 35.3 Å². The lowest BCUT2D eigenvalue weighted by Gasteiger charge is -2.01. The van der Waals surface area contributed by atoms with Crippen molar-refractivity contribution in [1.29, 1.82) is 10.5 Å². The Morgan fingerprint density at radius 2 is 1.72 bits per heavy atom. The molecule has 1 heterocycles. The maximum atomic E-state index is 9.41. The van der Waals surface area contributed by atoms with Crippen LogP contribution in [0.4, 0.5) is 0 Å². The molecule has 0 N–H and O–H groups in total. The third-order valence-corrected chi connectivity index (χ3v) is 4.10. The molecule has 120 valence electrons. The lowest BCUT2D eigenvalue weighted by atomic mass is 10.0. The first-order valence-corrected chi connectivity index (χ1v) is 8.04. The molecular formula is C20H10Cl2N2O. The zero-order valence-corrected chi connectivity index (χ0v) is 14.3. The maximum absolute atomic E-state index is 9.41. The van der Waals surface area contributed by atoms with E-state index in [-0.39, 0.29) is 0 Å². The van der Waals surface area contributed by atoms with Crippen molar-refractivity contribution in [3.63, 3.8) is 0 Å². The number of hydrogen-bond donors (Lipinski definition) is 0. The zero-order chi connectivity index (χ0) is 17.8. The van der Waals surface area contributed by atoms with Gasteiger partial charge in [-0.25, -0.2) is 0 Å². The predicted molar refractivity (Wildman–Crippen MR) is 98.8 cm³/mol. The van der Waals surface area contributed by atoms with Gasteiger partial charge in [-0.05, 0) is 54.1 Å². The zero-order valence-electron chi connectivity index (χ0n) is 12.8. The lowest BCUT2D eigenvalue weighted by molar-refractivity contribution is 0.572. The molecule has 0 aliphatic heterocycles. The molecule has 3 aromatic rings. The van der Waals surface area contributed by atoms with Crippen molar-refractivity contribution < 1.29 is 4.42 Å². The summed E-state index contributed by atoms with van der Waals surface area (Å²) in [6.07, 6.45) is 1.65. The fraction of sp³-hybridized carbons (Fsp3) is 0. The van der Waals surface area contributed by atoms with E-state index in [0.29, 0.717) is 38.3 Å². The number of hydrogen-bond acceptors (Lipinski definition) is 3. The molecule has 0 radical (unpaired) electrons.